The summed E-state index contributed by atoms with van der Waals surface area (Å²) in [7, 11) is 0. The summed E-state index contributed by atoms with van der Waals surface area (Å²) in [5.74, 6) is 0.511. The van der Waals surface area contributed by atoms with Gasteiger partial charge in [-0.1, -0.05) is 23.4 Å². The third kappa shape index (κ3) is 3.93. The molecule has 10 nitrogen and oxygen atoms in total. The molecule has 4 atom stereocenters. The first-order valence-corrected chi connectivity index (χ1v) is 9.64. The Hall–Kier alpha value is -1.76. The van der Waals surface area contributed by atoms with E-state index in [9.17, 15) is 15.3 Å². The molecule has 1 fully saturated rings. The highest BCUT2D eigenvalue weighted by Gasteiger charge is 2.44. The SMILES string of the molecule is CSc1nc(NCC=C(C)CO)c2ncn([C@@H]3O[C@H](CO)[C@@H](O)[C@H]3O)c2n1. The fourth-order valence-corrected chi connectivity index (χ4v) is 3.15. The summed E-state index contributed by atoms with van der Waals surface area (Å²) in [6, 6.07) is 0. The van der Waals surface area contributed by atoms with Gasteiger partial charge in [0.15, 0.2) is 28.4 Å². The first kappa shape index (κ1) is 20.0. The lowest BCUT2D eigenvalue weighted by Gasteiger charge is -2.17. The maximum absolute atomic E-state index is 10.3. The van der Waals surface area contributed by atoms with Crippen molar-refractivity contribution in [1.82, 2.24) is 19.5 Å². The Bertz CT molecular complexity index is 829. The zero-order valence-electron chi connectivity index (χ0n) is 15.0. The first-order chi connectivity index (χ1) is 13.0. The highest BCUT2D eigenvalue weighted by Crippen LogP contribution is 2.32. The Labute approximate surface area is 159 Å². The van der Waals surface area contributed by atoms with Crippen LogP contribution in [-0.2, 0) is 4.74 Å². The van der Waals surface area contributed by atoms with E-state index >= 15 is 0 Å². The monoisotopic (exact) mass is 397 g/mol. The molecule has 0 radical (unpaired) electrons. The molecule has 3 heterocycles. The number of rotatable bonds is 7. The van der Waals surface area contributed by atoms with Crippen LogP contribution in [-0.4, -0.2) is 84.3 Å². The number of nitrogens with zero attached hydrogens (tertiary/aromatic N) is 4. The van der Waals surface area contributed by atoms with Gasteiger partial charge in [0.1, 0.15) is 18.3 Å². The molecule has 1 saturated heterocycles. The number of thioether (sulfide) groups is 1. The second-order valence-corrected chi connectivity index (χ2v) is 6.97. The number of fused-ring (bicyclic) bond motifs is 1. The van der Waals surface area contributed by atoms with Crippen LogP contribution >= 0.6 is 11.8 Å². The fourth-order valence-electron chi connectivity index (χ4n) is 2.79. The minimum absolute atomic E-state index is 0.0171. The Balaban J connectivity index is 1.96. The van der Waals surface area contributed by atoms with Gasteiger partial charge in [0.2, 0.25) is 0 Å². The van der Waals surface area contributed by atoms with Crippen molar-refractivity contribution in [1.29, 1.82) is 0 Å². The third-order valence-electron chi connectivity index (χ3n) is 4.34. The van der Waals surface area contributed by atoms with E-state index in [2.05, 4.69) is 20.3 Å². The van der Waals surface area contributed by atoms with Gasteiger partial charge in [0.25, 0.3) is 0 Å². The second kappa shape index (κ2) is 8.50. The van der Waals surface area contributed by atoms with Gasteiger partial charge in [0, 0.05) is 6.54 Å². The molecule has 27 heavy (non-hydrogen) atoms. The average molecular weight is 397 g/mol. The normalized spacial score (nSPS) is 26.1. The van der Waals surface area contributed by atoms with Crippen molar-refractivity contribution in [3.8, 4) is 0 Å². The quantitative estimate of drug-likeness (QED) is 0.236. The second-order valence-electron chi connectivity index (χ2n) is 6.20. The van der Waals surface area contributed by atoms with Crippen LogP contribution in [0.3, 0.4) is 0 Å². The topological polar surface area (TPSA) is 146 Å². The summed E-state index contributed by atoms with van der Waals surface area (Å²) in [5.41, 5.74) is 1.75. The molecule has 0 spiro atoms. The van der Waals surface area contributed by atoms with Crippen molar-refractivity contribution < 1.29 is 25.2 Å². The lowest BCUT2D eigenvalue weighted by atomic mass is 10.1. The summed E-state index contributed by atoms with van der Waals surface area (Å²) in [4.78, 5) is 13.2. The Morgan fingerprint density at radius 3 is 2.74 bits per heavy atom. The van der Waals surface area contributed by atoms with Gasteiger partial charge in [0.05, 0.1) is 19.5 Å². The van der Waals surface area contributed by atoms with Crippen molar-refractivity contribution >= 4 is 28.7 Å². The van der Waals surface area contributed by atoms with Crippen LogP contribution in [0.2, 0.25) is 0 Å². The standard InChI is InChI=1S/C16H23N5O5S/c1-8(5-22)3-4-17-13-10-14(20-16(19-13)27-2)21(7-18-10)15-12(25)11(24)9(6-23)26-15/h3,7,9,11-12,15,22-25H,4-6H2,1-2H3,(H,17,19,20)/t9-,11-,12-,15-/m1/s1. The van der Waals surface area contributed by atoms with E-state index in [1.165, 1.54) is 22.7 Å². The van der Waals surface area contributed by atoms with Crippen molar-refractivity contribution in [2.75, 3.05) is 31.3 Å². The van der Waals surface area contributed by atoms with Gasteiger partial charge in [-0.3, -0.25) is 4.57 Å². The summed E-state index contributed by atoms with van der Waals surface area (Å²) in [6.45, 7) is 1.85. The Morgan fingerprint density at radius 1 is 1.33 bits per heavy atom. The smallest absolute Gasteiger partial charge is 0.191 e. The van der Waals surface area contributed by atoms with E-state index in [0.29, 0.717) is 28.7 Å². The minimum atomic E-state index is -1.22. The maximum Gasteiger partial charge on any atom is 0.191 e. The summed E-state index contributed by atoms with van der Waals surface area (Å²) in [5, 5.41) is 42.3. The lowest BCUT2D eigenvalue weighted by molar-refractivity contribution is -0.0511. The number of anilines is 1. The Kier molecular flexibility index (Phi) is 6.29. The van der Waals surface area contributed by atoms with Crippen LogP contribution in [0.1, 0.15) is 13.2 Å². The number of hydrogen-bond donors (Lipinski definition) is 5. The maximum atomic E-state index is 10.3. The summed E-state index contributed by atoms with van der Waals surface area (Å²) < 4.78 is 7.10. The van der Waals surface area contributed by atoms with Gasteiger partial charge in [-0.15, -0.1) is 0 Å². The van der Waals surface area contributed by atoms with Gasteiger partial charge in [-0.05, 0) is 13.2 Å². The molecule has 5 N–H and O–H groups in total. The lowest BCUT2D eigenvalue weighted by Crippen LogP contribution is -2.33. The molecule has 1 aliphatic rings. The molecule has 0 unspecified atom stereocenters. The number of aliphatic hydroxyl groups excluding tert-OH is 4. The van der Waals surface area contributed by atoms with Crippen LogP contribution < -0.4 is 5.32 Å². The molecule has 0 saturated carbocycles. The van der Waals surface area contributed by atoms with E-state index < -0.39 is 31.1 Å². The van der Waals surface area contributed by atoms with Gasteiger partial charge < -0.3 is 30.5 Å². The van der Waals surface area contributed by atoms with Crippen LogP contribution in [0.15, 0.2) is 23.1 Å². The Morgan fingerprint density at radius 2 is 2.11 bits per heavy atom. The summed E-state index contributed by atoms with van der Waals surface area (Å²) in [6.07, 6.45) is 0.917. The molecule has 2 aromatic heterocycles. The molecule has 1 aliphatic heterocycles. The van der Waals surface area contributed by atoms with Crippen LogP contribution in [0.5, 0.6) is 0 Å². The van der Waals surface area contributed by atoms with Crippen LogP contribution in [0.4, 0.5) is 5.82 Å². The number of nitrogens with one attached hydrogen (secondary N) is 1. The molecule has 2 aromatic rings. The third-order valence-corrected chi connectivity index (χ3v) is 4.89. The molecule has 148 valence electrons. The van der Waals surface area contributed by atoms with Crippen molar-refractivity contribution in [3.05, 3.63) is 18.0 Å². The number of ether oxygens (including phenoxy) is 1. The predicted molar refractivity (Wildman–Crippen MR) is 99.4 cm³/mol. The van der Waals surface area contributed by atoms with E-state index in [4.69, 9.17) is 9.84 Å². The number of aliphatic hydroxyl groups is 4. The van der Waals surface area contributed by atoms with Crippen molar-refractivity contribution in [2.24, 2.45) is 0 Å². The number of aromatic nitrogens is 4. The molecule has 0 amide bonds. The van der Waals surface area contributed by atoms with Crippen LogP contribution in [0.25, 0.3) is 11.2 Å². The summed E-state index contributed by atoms with van der Waals surface area (Å²) >= 11 is 1.35. The minimum Gasteiger partial charge on any atom is -0.394 e. The first-order valence-electron chi connectivity index (χ1n) is 8.41. The van der Waals surface area contributed by atoms with Crippen molar-refractivity contribution in [3.63, 3.8) is 0 Å². The highest BCUT2D eigenvalue weighted by atomic mass is 32.2. The van der Waals surface area contributed by atoms with Gasteiger partial charge >= 0.3 is 0 Å². The molecule has 0 aromatic carbocycles. The molecular weight excluding hydrogens is 374 g/mol. The van der Waals surface area contributed by atoms with Crippen LogP contribution in [0, 0.1) is 0 Å². The zero-order valence-corrected chi connectivity index (χ0v) is 15.8. The van der Waals surface area contributed by atoms with E-state index in [0.717, 1.165) is 5.57 Å². The largest absolute Gasteiger partial charge is 0.394 e. The number of hydrogen-bond acceptors (Lipinski definition) is 10. The predicted octanol–water partition coefficient (Wildman–Crippen LogP) is -0.490. The van der Waals surface area contributed by atoms with Gasteiger partial charge in [-0.2, -0.15) is 0 Å². The molecule has 11 heteroatoms. The van der Waals surface area contributed by atoms with E-state index in [-0.39, 0.29) is 6.61 Å². The molecular formula is C16H23N5O5S. The highest BCUT2D eigenvalue weighted by molar-refractivity contribution is 7.98. The average Bonchev–Trinajstić information content (AvgIpc) is 3.22. The fraction of sp³-hybridized carbons (Fsp3) is 0.562. The van der Waals surface area contributed by atoms with Gasteiger partial charge in [-0.25, -0.2) is 15.0 Å². The van der Waals surface area contributed by atoms with E-state index in [1.807, 2.05) is 19.3 Å². The van der Waals surface area contributed by atoms with E-state index in [1.54, 1.807) is 0 Å². The molecule has 3 rings (SSSR count). The number of imidazole rings is 1. The zero-order chi connectivity index (χ0) is 19.6. The van der Waals surface area contributed by atoms with Crippen molar-refractivity contribution in [2.45, 2.75) is 36.6 Å². The molecule has 0 aliphatic carbocycles. The molecule has 0 bridgehead atoms.